The van der Waals surface area contributed by atoms with Gasteiger partial charge >= 0.3 is 0 Å². The summed E-state index contributed by atoms with van der Waals surface area (Å²) in [6.45, 7) is 2.20. The van der Waals surface area contributed by atoms with Crippen molar-refractivity contribution in [3.63, 3.8) is 0 Å². The van der Waals surface area contributed by atoms with Gasteiger partial charge in [0.25, 0.3) is 5.91 Å². The number of carbonyl (C=O) groups is 1. The second kappa shape index (κ2) is 8.17. The zero-order chi connectivity index (χ0) is 16.7. The van der Waals surface area contributed by atoms with Gasteiger partial charge in [-0.25, -0.2) is 4.39 Å². The van der Waals surface area contributed by atoms with Crippen molar-refractivity contribution in [2.45, 2.75) is 26.0 Å². The van der Waals surface area contributed by atoms with Gasteiger partial charge in [-0.15, -0.1) is 0 Å². The van der Waals surface area contributed by atoms with E-state index in [2.05, 4.69) is 5.32 Å². The zero-order valence-corrected chi connectivity index (χ0v) is 13.2. The van der Waals surface area contributed by atoms with Crippen LogP contribution in [0.15, 0.2) is 48.5 Å². The topological polar surface area (TPSA) is 47.6 Å². The molecule has 1 N–H and O–H groups in total. The highest BCUT2D eigenvalue weighted by atomic mass is 19.1. The van der Waals surface area contributed by atoms with Crippen LogP contribution in [0.25, 0.3) is 0 Å². The van der Waals surface area contributed by atoms with Gasteiger partial charge < -0.3 is 14.8 Å². The van der Waals surface area contributed by atoms with Gasteiger partial charge in [-0.2, -0.15) is 0 Å². The first kappa shape index (κ1) is 16.8. The normalized spacial score (nSPS) is 11.6. The van der Waals surface area contributed by atoms with Crippen LogP contribution in [0.2, 0.25) is 0 Å². The largest absolute Gasteiger partial charge is 0.493 e. The molecule has 0 heterocycles. The highest BCUT2D eigenvalue weighted by Gasteiger charge is 2.19. The van der Waals surface area contributed by atoms with Gasteiger partial charge in [0, 0.05) is 6.54 Å². The molecule has 122 valence electrons. The van der Waals surface area contributed by atoms with Gasteiger partial charge in [-0.1, -0.05) is 31.2 Å². The predicted octanol–water partition coefficient (Wildman–Crippen LogP) is 3.31. The van der Waals surface area contributed by atoms with E-state index in [1.807, 2.05) is 19.1 Å². The van der Waals surface area contributed by atoms with Crippen molar-refractivity contribution in [2.75, 3.05) is 7.11 Å². The summed E-state index contributed by atoms with van der Waals surface area (Å²) in [5.74, 6) is 0.588. The number of nitrogens with one attached hydrogen (secondary N) is 1. The number of methoxy groups -OCH3 is 1. The molecule has 23 heavy (non-hydrogen) atoms. The van der Waals surface area contributed by atoms with Crippen LogP contribution < -0.4 is 14.8 Å². The Kier molecular flexibility index (Phi) is 5.97. The second-order valence-corrected chi connectivity index (χ2v) is 5.01. The van der Waals surface area contributed by atoms with Crippen molar-refractivity contribution >= 4 is 5.91 Å². The Labute approximate surface area is 135 Å². The molecule has 0 unspecified atom stereocenters. The predicted molar refractivity (Wildman–Crippen MR) is 85.9 cm³/mol. The fourth-order valence-corrected chi connectivity index (χ4v) is 2.10. The molecule has 0 aliphatic heterocycles. The van der Waals surface area contributed by atoms with E-state index in [9.17, 15) is 9.18 Å². The number of rotatable bonds is 7. The quantitative estimate of drug-likeness (QED) is 0.852. The molecule has 2 aromatic rings. The maximum Gasteiger partial charge on any atom is 0.261 e. The lowest BCUT2D eigenvalue weighted by molar-refractivity contribution is -0.128. The van der Waals surface area contributed by atoms with Crippen LogP contribution >= 0.6 is 0 Å². The Morgan fingerprint density at radius 2 is 1.78 bits per heavy atom. The lowest BCUT2D eigenvalue weighted by atomic mass is 10.2. The van der Waals surface area contributed by atoms with E-state index in [4.69, 9.17) is 9.47 Å². The van der Waals surface area contributed by atoms with E-state index in [1.165, 1.54) is 12.1 Å². The summed E-state index contributed by atoms with van der Waals surface area (Å²) in [4.78, 5) is 12.3. The second-order valence-electron chi connectivity index (χ2n) is 5.01. The number of benzene rings is 2. The summed E-state index contributed by atoms with van der Waals surface area (Å²) in [6, 6.07) is 13.2. The van der Waals surface area contributed by atoms with E-state index in [0.29, 0.717) is 24.5 Å². The Bertz CT molecular complexity index is 643. The van der Waals surface area contributed by atoms with Crippen molar-refractivity contribution in [1.29, 1.82) is 0 Å². The number of hydrogen-bond acceptors (Lipinski definition) is 3. The fourth-order valence-electron chi connectivity index (χ4n) is 2.10. The molecule has 2 rings (SSSR count). The van der Waals surface area contributed by atoms with Crippen molar-refractivity contribution in [3.8, 4) is 11.5 Å². The number of carbonyl (C=O) groups excluding carboxylic acids is 1. The minimum Gasteiger partial charge on any atom is -0.493 e. The van der Waals surface area contributed by atoms with Crippen LogP contribution in [0, 0.1) is 5.82 Å². The van der Waals surface area contributed by atoms with Gasteiger partial charge in [0.2, 0.25) is 0 Å². The van der Waals surface area contributed by atoms with Gasteiger partial charge in [0.05, 0.1) is 7.11 Å². The molecule has 0 aromatic heterocycles. The Hall–Kier alpha value is -2.56. The van der Waals surface area contributed by atoms with Crippen LogP contribution in [0.1, 0.15) is 18.9 Å². The maximum absolute atomic E-state index is 12.9. The number of hydrogen-bond donors (Lipinski definition) is 1. The highest BCUT2D eigenvalue weighted by molar-refractivity contribution is 5.81. The summed E-state index contributed by atoms with van der Waals surface area (Å²) in [5, 5.41) is 2.80. The molecule has 5 heteroatoms. The molecule has 0 saturated heterocycles. The van der Waals surface area contributed by atoms with Gasteiger partial charge in [0.1, 0.15) is 5.82 Å². The average Bonchev–Trinajstić information content (AvgIpc) is 2.59. The molecule has 0 aliphatic rings. The standard InChI is InChI=1S/C18H20FNO3/c1-3-15(23-17-7-5-4-6-16(17)22-2)18(21)20-12-13-8-10-14(19)11-9-13/h4-11,15H,3,12H2,1-2H3,(H,20,21)/t15-/m0/s1. The molecule has 0 saturated carbocycles. The molecule has 1 atom stereocenters. The van der Waals surface area contributed by atoms with Crippen LogP contribution in [0.4, 0.5) is 4.39 Å². The van der Waals surface area contributed by atoms with Crippen molar-refractivity contribution in [1.82, 2.24) is 5.32 Å². The third-order valence-electron chi connectivity index (χ3n) is 3.38. The van der Waals surface area contributed by atoms with Crippen molar-refractivity contribution in [2.24, 2.45) is 0 Å². The summed E-state index contributed by atoms with van der Waals surface area (Å²) >= 11 is 0. The fraction of sp³-hybridized carbons (Fsp3) is 0.278. The molecule has 0 radical (unpaired) electrons. The Morgan fingerprint density at radius 1 is 1.13 bits per heavy atom. The summed E-state index contributed by atoms with van der Waals surface area (Å²) in [7, 11) is 1.55. The smallest absolute Gasteiger partial charge is 0.261 e. The van der Waals surface area contributed by atoms with Crippen molar-refractivity contribution < 1.29 is 18.7 Å². The van der Waals surface area contributed by atoms with Gasteiger partial charge in [0.15, 0.2) is 17.6 Å². The SMILES string of the molecule is CC[C@H](Oc1ccccc1OC)C(=O)NCc1ccc(F)cc1. The Morgan fingerprint density at radius 3 is 2.39 bits per heavy atom. The van der Waals surface area contributed by atoms with E-state index in [-0.39, 0.29) is 11.7 Å². The van der Waals surface area contributed by atoms with Crippen LogP contribution in [-0.2, 0) is 11.3 Å². The molecule has 1 amide bonds. The van der Waals surface area contributed by atoms with Gasteiger partial charge in [-0.05, 0) is 36.2 Å². The van der Waals surface area contributed by atoms with E-state index in [0.717, 1.165) is 5.56 Å². The van der Waals surface area contributed by atoms with Crippen LogP contribution in [0.3, 0.4) is 0 Å². The summed E-state index contributed by atoms with van der Waals surface area (Å²) < 4.78 is 23.8. The highest BCUT2D eigenvalue weighted by Crippen LogP contribution is 2.27. The minimum atomic E-state index is -0.619. The van der Waals surface area contributed by atoms with E-state index >= 15 is 0 Å². The zero-order valence-electron chi connectivity index (χ0n) is 13.2. The monoisotopic (exact) mass is 317 g/mol. The lowest BCUT2D eigenvalue weighted by Crippen LogP contribution is -2.37. The molecule has 4 nitrogen and oxygen atoms in total. The van der Waals surface area contributed by atoms with Crippen LogP contribution in [-0.4, -0.2) is 19.1 Å². The third-order valence-corrected chi connectivity index (χ3v) is 3.38. The molecule has 0 spiro atoms. The summed E-state index contributed by atoms with van der Waals surface area (Å²) in [6.07, 6.45) is -0.0976. The number of ether oxygens (including phenoxy) is 2. The van der Waals surface area contributed by atoms with Crippen LogP contribution in [0.5, 0.6) is 11.5 Å². The molecular formula is C18H20FNO3. The first-order chi connectivity index (χ1) is 11.1. The molecule has 0 aliphatic carbocycles. The maximum atomic E-state index is 12.9. The molecule has 0 bridgehead atoms. The number of amides is 1. The Balaban J connectivity index is 1.96. The van der Waals surface area contributed by atoms with Crippen molar-refractivity contribution in [3.05, 3.63) is 59.9 Å². The number of para-hydroxylation sites is 2. The molecule has 0 fully saturated rings. The van der Waals surface area contributed by atoms with Gasteiger partial charge in [-0.3, -0.25) is 4.79 Å². The first-order valence-electron chi connectivity index (χ1n) is 7.46. The molecule has 2 aromatic carbocycles. The number of halogens is 1. The van der Waals surface area contributed by atoms with E-state index < -0.39 is 6.10 Å². The summed E-state index contributed by atoms with van der Waals surface area (Å²) in [5.41, 5.74) is 0.826. The third kappa shape index (κ3) is 4.71. The molecular weight excluding hydrogens is 297 g/mol. The lowest BCUT2D eigenvalue weighted by Gasteiger charge is -2.18. The minimum absolute atomic E-state index is 0.220. The average molecular weight is 317 g/mol. The van der Waals surface area contributed by atoms with E-state index in [1.54, 1.807) is 31.4 Å². The first-order valence-corrected chi connectivity index (χ1v) is 7.46.